The van der Waals surface area contributed by atoms with Crippen LogP contribution in [-0.2, 0) is 6.54 Å². The molecule has 6 heteroatoms. The molecule has 0 aliphatic rings. The van der Waals surface area contributed by atoms with Crippen LogP contribution in [0.2, 0.25) is 0 Å². The fourth-order valence-corrected chi connectivity index (χ4v) is 2.59. The Balaban J connectivity index is 1.63. The van der Waals surface area contributed by atoms with Gasteiger partial charge in [-0.2, -0.15) is 0 Å². The van der Waals surface area contributed by atoms with Gasteiger partial charge in [0.25, 0.3) is 5.91 Å². The standard InChI is InChI=1S/C21H20N2O4/c1-25-19-7-3-5-16(20(19)26-2)13-23-21(24)15-8-10-17(11-9-15)27-18-6-4-12-22-14-18/h3-12,14H,13H2,1-2H3,(H,23,24). The number of carbonyl (C=O) groups is 1. The van der Waals surface area contributed by atoms with Crippen molar-refractivity contribution in [1.82, 2.24) is 10.3 Å². The van der Waals surface area contributed by atoms with Gasteiger partial charge in [0, 0.05) is 23.9 Å². The van der Waals surface area contributed by atoms with Crippen molar-refractivity contribution in [3.8, 4) is 23.0 Å². The summed E-state index contributed by atoms with van der Waals surface area (Å²) >= 11 is 0. The smallest absolute Gasteiger partial charge is 0.251 e. The van der Waals surface area contributed by atoms with Crippen molar-refractivity contribution in [2.24, 2.45) is 0 Å². The molecular formula is C21H20N2O4. The van der Waals surface area contributed by atoms with E-state index in [1.165, 1.54) is 0 Å². The number of pyridine rings is 1. The molecule has 0 bridgehead atoms. The lowest BCUT2D eigenvalue weighted by Gasteiger charge is -2.13. The molecule has 3 aromatic rings. The molecule has 0 atom stereocenters. The number of nitrogens with zero attached hydrogens (tertiary/aromatic N) is 1. The molecular weight excluding hydrogens is 344 g/mol. The van der Waals surface area contributed by atoms with Crippen LogP contribution in [0.5, 0.6) is 23.0 Å². The second-order valence-electron chi connectivity index (χ2n) is 5.65. The normalized spacial score (nSPS) is 10.1. The van der Waals surface area contributed by atoms with Gasteiger partial charge in [0.2, 0.25) is 0 Å². The first-order chi connectivity index (χ1) is 13.2. The summed E-state index contributed by atoms with van der Waals surface area (Å²) in [4.78, 5) is 16.4. The first-order valence-electron chi connectivity index (χ1n) is 8.37. The SMILES string of the molecule is COc1cccc(CNC(=O)c2ccc(Oc3cccnc3)cc2)c1OC. The van der Waals surface area contributed by atoms with Gasteiger partial charge in [-0.25, -0.2) is 0 Å². The molecule has 1 N–H and O–H groups in total. The molecule has 0 aliphatic carbocycles. The van der Waals surface area contributed by atoms with E-state index in [0.29, 0.717) is 35.1 Å². The summed E-state index contributed by atoms with van der Waals surface area (Å²) in [5, 5.41) is 2.89. The maximum atomic E-state index is 12.4. The third-order valence-electron chi connectivity index (χ3n) is 3.91. The highest BCUT2D eigenvalue weighted by atomic mass is 16.5. The summed E-state index contributed by atoms with van der Waals surface area (Å²) < 4.78 is 16.3. The Morgan fingerprint density at radius 3 is 2.44 bits per heavy atom. The van der Waals surface area contributed by atoms with Gasteiger partial charge < -0.3 is 19.5 Å². The Labute approximate surface area is 157 Å². The number of benzene rings is 2. The predicted octanol–water partition coefficient (Wildman–Crippen LogP) is 3.82. The van der Waals surface area contributed by atoms with Crippen LogP contribution in [0, 0.1) is 0 Å². The van der Waals surface area contributed by atoms with E-state index in [-0.39, 0.29) is 5.91 Å². The molecule has 0 saturated carbocycles. The Morgan fingerprint density at radius 2 is 1.78 bits per heavy atom. The number of hydrogen-bond donors (Lipinski definition) is 1. The van der Waals surface area contributed by atoms with Crippen molar-refractivity contribution in [2.75, 3.05) is 14.2 Å². The number of rotatable bonds is 7. The van der Waals surface area contributed by atoms with E-state index in [1.54, 1.807) is 56.9 Å². The molecule has 0 aliphatic heterocycles. The first-order valence-corrected chi connectivity index (χ1v) is 8.37. The van der Waals surface area contributed by atoms with Crippen LogP contribution in [0.25, 0.3) is 0 Å². The molecule has 0 radical (unpaired) electrons. The molecule has 6 nitrogen and oxygen atoms in total. The van der Waals surface area contributed by atoms with Gasteiger partial charge >= 0.3 is 0 Å². The second kappa shape index (κ2) is 8.71. The van der Waals surface area contributed by atoms with E-state index in [2.05, 4.69) is 10.3 Å². The average molecular weight is 364 g/mol. The number of ether oxygens (including phenoxy) is 3. The Bertz CT molecular complexity index is 896. The van der Waals surface area contributed by atoms with E-state index in [1.807, 2.05) is 24.3 Å². The molecule has 0 spiro atoms. The Morgan fingerprint density at radius 1 is 0.963 bits per heavy atom. The van der Waals surface area contributed by atoms with Gasteiger partial charge in [0.15, 0.2) is 11.5 Å². The number of aromatic nitrogens is 1. The number of para-hydroxylation sites is 1. The largest absolute Gasteiger partial charge is 0.493 e. The van der Waals surface area contributed by atoms with Crippen molar-refractivity contribution in [3.05, 3.63) is 78.1 Å². The van der Waals surface area contributed by atoms with Crippen LogP contribution in [0.4, 0.5) is 0 Å². The summed E-state index contributed by atoms with van der Waals surface area (Å²) in [7, 11) is 3.15. The van der Waals surface area contributed by atoms with Gasteiger partial charge in [-0.15, -0.1) is 0 Å². The van der Waals surface area contributed by atoms with Crippen molar-refractivity contribution >= 4 is 5.91 Å². The fraction of sp³-hybridized carbons (Fsp3) is 0.143. The van der Waals surface area contributed by atoms with Crippen LogP contribution in [-0.4, -0.2) is 25.1 Å². The van der Waals surface area contributed by atoms with Crippen LogP contribution >= 0.6 is 0 Å². The highest BCUT2D eigenvalue weighted by molar-refractivity contribution is 5.94. The van der Waals surface area contributed by atoms with E-state index < -0.39 is 0 Å². The van der Waals surface area contributed by atoms with E-state index >= 15 is 0 Å². The molecule has 0 saturated heterocycles. The summed E-state index contributed by atoms with van der Waals surface area (Å²) in [6.45, 7) is 0.327. The van der Waals surface area contributed by atoms with Gasteiger partial charge in [-0.05, 0) is 42.5 Å². The lowest BCUT2D eigenvalue weighted by Crippen LogP contribution is -2.23. The molecule has 3 rings (SSSR count). The summed E-state index contributed by atoms with van der Waals surface area (Å²) in [5.74, 6) is 2.32. The molecule has 0 unspecified atom stereocenters. The molecule has 2 aromatic carbocycles. The summed E-state index contributed by atoms with van der Waals surface area (Å²) in [5.41, 5.74) is 1.37. The highest BCUT2D eigenvalue weighted by Gasteiger charge is 2.11. The zero-order chi connectivity index (χ0) is 19.1. The highest BCUT2D eigenvalue weighted by Crippen LogP contribution is 2.30. The zero-order valence-corrected chi connectivity index (χ0v) is 15.1. The van der Waals surface area contributed by atoms with Gasteiger partial charge in [0.1, 0.15) is 11.5 Å². The number of methoxy groups -OCH3 is 2. The van der Waals surface area contributed by atoms with E-state index in [0.717, 1.165) is 5.56 Å². The second-order valence-corrected chi connectivity index (χ2v) is 5.65. The number of carbonyl (C=O) groups excluding carboxylic acids is 1. The average Bonchev–Trinajstić information content (AvgIpc) is 2.72. The van der Waals surface area contributed by atoms with Gasteiger partial charge in [0.05, 0.1) is 20.4 Å². The monoisotopic (exact) mass is 364 g/mol. The third kappa shape index (κ3) is 4.55. The molecule has 1 heterocycles. The zero-order valence-electron chi connectivity index (χ0n) is 15.1. The first kappa shape index (κ1) is 18.3. The Kier molecular flexibility index (Phi) is 5.89. The van der Waals surface area contributed by atoms with E-state index in [4.69, 9.17) is 14.2 Å². The molecule has 0 fully saturated rings. The number of nitrogens with one attached hydrogen (secondary N) is 1. The summed E-state index contributed by atoms with van der Waals surface area (Å²) in [6, 6.07) is 16.1. The maximum Gasteiger partial charge on any atom is 0.251 e. The van der Waals surface area contributed by atoms with Crippen molar-refractivity contribution < 1.29 is 19.0 Å². The van der Waals surface area contributed by atoms with Crippen molar-refractivity contribution in [1.29, 1.82) is 0 Å². The minimum Gasteiger partial charge on any atom is -0.493 e. The van der Waals surface area contributed by atoms with Crippen LogP contribution < -0.4 is 19.5 Å². The van der Waals surface area contributed by atoms with Gasteiger partial charge in [-0.1, -0.05) is 12.1 Å². The maximum absolute atomic E-state index is 12.4. The minimum absolute atomic E-state index is 0.187. The van der Waals surface area contributed by atoms with E-state index in [9.17, 15) is 4.79 Å². The minimum atomic E-state index is -0.187. The predicted molar refractivity (Wildman–Crippen MR) is 101 cm³/mol. The third-order valence-corrected chi connectivity index (χ3v) is 3.91. The van der Waals surface area contributed by atoms with Crippen molar-refractivity contribution in [3.63, 3.8) is 0 Å². The quantitative estimate of drug-likeness (QED) is 0.690. The molecule has 138 valence electrons. The lowest BCUT2D eigenvalue weighted by atomic mass is 10.1. The number of hydrogen-bond acceptors (Lipinski definition) is 5. The Hall–Kier alpha value is -3.54. The summed E-state index contributed by atoms with van der Waals surface area (Å²) in [6.07, 6.45) is 3.31. The molecule has 1 aromatic heterocycles. The number of amides is 1. The van der Waals surface area contributed by atoms with Crippen molar-refractivity contribution in [2.45, 2.75) is 6.54 Å². The van der Waals surface area contributed by atoms with Crippen LogP contribution in [0.1, 0.15) is 15.9 Å². The lowest BCUT2D eigenvalue weighted by molar-refractivity contribution is 0.0950. The molecule has 1 amide bonds. The van der Waals surface area contributed by atoms with Crippen LogP contribution in [0.3, 0.4) is 0 Å². The van der Waals surface area contributed by atoms with Crippen LogP contribution in [0.15, 0.2) is 67.0 Å². The topological polar surface area (TPSA) is 69.7 Å². The van der Waals surface area contributed by atoms with Gasteiger partial charge in [-0.3, -0.25) is 9.78 Å². The fourth-order valence-electron chi connectivity index (χ4n) is 2.59. The molecule has 27 heavy (non-hydrogen) atoms.